The van der Waals surface area contributed by atoms with E-state index in [0.717, 1.165) is 4.47 Å². The van der Waals surface area contributed by atoms with Gasteiger partial charge < -0.3 is 9.30 Å². The minimum Gasteiger partial charge on any atom is -0.364 e. The standard InChI is InChI=1S/C10H10BrNO/c1-13-7-12-5-4-8-2-3-9(11)6-10(8)12/h2-6H,7H2,1H3. The highest BCUT2D eigenvalue weighted by molar-refractivity contribution is 9.10. The molecule has 0 saturated heterocycles. The number of ether oxygens (including phenoxy) is 1. The van der Waals surface area contributed by atoms with Gasteiger partial charge in [-0.1, -0.05) is 22.0 Å². The molecule has 0 radical (unpaired) electrons. The second-order valence-corrected chi connectivity index (χ2v) is 3.82. The van der Waals surface area contributed by atoms with Gasteiger partial charge in [0.25, 0.3) is 0 Å². The van der Waals surface area contributed by atoms with Crippen LogP contribution in [0.4, 0.5) is 0 Å². The molecule has 1 heterocycles. The van der Waals surface area contributed by atoms with Crippen LogP contribution in [0.3, 0.4) is 0 Å². The van der Waals surface area contributed by atoms with Crippen molar-refractivity contribution in [1.82, 2.24) is 4.57 Å². The van der Waals surface area contributed by atoms with E-state index in [4.69, 9.17) is 4.74 Å². The summed E-state index contributed by atoms with van der Waals surface area (Å²) in [6.45, 7) is 0.597. The number of nitrogens with zero attached hydrogens (tertiary/aromatic N) is 1. The third-order valence-corrected chi connectivity index (χ3v) is 2.50. The van der Waals surface area contributed by atoms with Gasteiger partial charge in [-0.3, -0.25) is 0 Å². The topological polar surface area (TPSA) is 14.2 Å². The second-order valence-electron chi connectivity index (χ2n) is 2.91. The number of fused-ring (bicyclic) bond motifs is 1. The van der Waals surface area contributed by atoms with Crippen LogP contribution in [0.15, 0.2) is 34.9 Å². The fourth-order valence-corrected chi connectivity index (χ4v) is 1.76. The molecule has 0 saturated carbocycles. The predicted molar refractivity (Wildman–Crippen MR) is 56.6 cm³/mol. The maximum Gasteiger partial charge on any atom is 0.122 e. The van der Waals surface area contributed by atoms with Crippen molar-refractivity contribution in [3.05, 3.63) is 34.9 Å². The Morgan fingerprint density at radius 3 is 3.00 bits per heavy atom. The molecule has 2 rings (SSSR count). The SMILES string of the molecule is COCn1ccc2ccc(Br)cc21. The molecular formula is C10H10BrNO. The quantitative estimate of drug-likeness (QED) is 0.786. The number of aromatic nitrogens is 1. The summed E-state index contributed by atoms with van der Waals surface area (Å²) in [5.74, 6) is 0. The molecule has 0 bridgehead atoms. The van der Waals surface area contributed by atoms with Gasteiger partial charge in [0, 0.05) is 17.8 Å². The van der Waals surface area contributed by atoms with Crippen LogP contribution in [0.5, 0.6) is 0 Å². The summed E-state index contributed by atoms with van der Waals surface area (Å²) in [6.07, 6.45) is 2.03. The average molecular weight is 240 g/mol. The van der Waals surface area contributed by atoms with Gasteiger partial charge in [0.15, 0.2) is 0 Å². The minimum atomic E-state index is 0.597. The lowest BCUT2D eigenvalue weighted by Gasteiger charge is -2.02. The zero-order valence-corrected chi connectivity index (χ0v) is 8.91. The van der Waals surface area contributed by atoms with E-state index in [1.807, 2.05) is 12.3 Å². The van der Waals surface area contributed by atoms with Crippen molar-refractivity contribution in [3.63, 3.8) is 0 Å². The van der Waals surface area contributed by atoms with Gasteiger partial charge >= 0.3 is 0 Å². The number of rotatable bonds is 2. The highest BCUT2D eigenvalue weighted by Crippen LogP contribution is 2.20. The van der Waals surface area contributed by atoms with Gasteiger partial charge in [-0.2, -0.15) is 0 Å². The van der Waals surface area contributed by atoms with E-state index in [0.29, 0.717) is 6.73 Å². The Labute approximate surface area is 85.2 Å². The van der Waals surface area contributed by atoms with Crippen LogP contribution in [-0.4, -0.2) is 11.7 Å². The van der Waals surface area contributed by atoms with Crippen LogP contribution in [0.25, 0.3) is 10.9 Å². The first-order chi connectivity index (χ1) is 6.31. The van der Waals surface area contributed by atoms with Crippen LogP contribution < -0.4 is 0 Å². The highest BCUT2D eigenvalue weighted by atomic mass is 79.9. The average Bonchev–Trinajstić information content (AvgIpc) is 2.49. The third-order valence-electron chi connectivity index (χ3n) is 2.00. The number of hydrogen-bond donors (Lipinski definition) is 0. The molecule has 0 spiro atoms. The monoisotopic (exact) mass is 239 g/mol. The molecule has 0 fully saturated rings. The molecule has 13 heavy (non-hydrogen) atoms. The lowest BCUT2D eigenvalue weighted by molar-refractivity contribution is 0.135. The highest BCUT2D eigenvalue weighted by Gasteiger charge is 1.99. The van der Waals surface area contributed by atoms with Gasteiger partial charge in [0.05, 0.1) is 5.52 Å². The number of benzene rings is 1. The zero-order valence-electron chi connectivity index (χ0n) is 7.33. The van der Waals surface area contributed by atoms with E-state index in [1.165, 1.54) is 10.9 Å². The van der Waals surface area contributed by atoms with E-state index >= 15 is 0 Å². The fourth-order valence-electron chi connectivity index (χ4n) is 1.41. The number of halogens is 1. The molecule has 0 atom stereocenters. The van der Waals surface area contributed by atoms with E-state index in [-0.39, 0.29) is 0 Å². The first kappa shape index (κ1) is 8.78. The van der Waals surface area contributed by atoms with E-state index in [2.05, 4.69) is 38.7 Å². The van der Waals surface area contributed by atoms with Crippen molar-refractivity contribution in [1.29, 1.82) is 0 Å². The first-order valence-corrected chi connectivity index (χ1v) is 4.84. The molecule has 68 valence electrons. The molecule has 0 aliphatic rings. The van der Waals surface area contributed by atoms with E-state index in [1.54, 1.807) is 7.11 Å². The summed E-state index contributed by atoms with van der Waals surface area (Å²) in [5, 5.41) is 1.24. The molecule has 1 aromatic carbocycles. The predicted octanol–water partition coefficient (Wildman–Crippen LogP) is 3.01. The Morgan fingerprint density at radius 2 is 2.23 bits per heavy atom. The number of methoxy groups -OCH3 is 1. The normalized spacial score (nSPS) is 10.9. The first-order valence-electron chi connectivity index (χ1n) is 4.04. The summed E-state index contributed by atoms with van der Waals surface area (Å²) < 4.78 is 8.24. The van der Waals surface area contributed by atoms with Crippen molar-refractivity contribution >= 4 is 26.8 Å². The Balaban J connectivity index is 2.58. The van der Waals surface area contributed by atoms with Crippen molar-refractivity contribution in [2.24, 2.45) is 0 Å². The largest absolute Gasteiger partial charge is 0.364 e. The zero-order chi connectivity index (χ0) is 9.26. The smallest absolute Gasteiger partial charge is 0.122 e. The summed E-state index contributed by atoms with van der Waals surface area (Å²) in [5.41, 5.74) is 1.19. The van der Waals surface area contributed by atoms with Crippen molar-refractivity contribution in [2.45, 2.75) is 6.73 Å². The maximum absolute atomic E-state index is 5.08. The van der Waals surface area contributed by atoms with Crippen LogP contribution >= 0.6 is 15.9 Å². The minimum absolute atomic E-state index is 0.597. The Bertz CT molecular complexity index is 422. The molecule has 1 aromatic heterocycles. The molecule has 0 unspecified atom stereocenters. The van der Waals surface area contributed by atoms with Gasteiger partial charge in [0.2, 0.25) is 0 Å². The van der Waals surface area contributed by atoms with Gasteiger partial charge in [-0.25, -0.2) is 0 Å². The Hall–Kier alpha value is -0.800. The second kappa shape index (κ2) is 3.52. The molecule has 3 heteroatoms. The summed E-state index contributed by atoms with van der Waals surface area (Å²) in [4.78, 5) is 0. The molecule has 0 aliphatic heterocycles. The van der Waals surface area contributed by atoms with Crippen molar-refractivity contribution in [3.8, 4) is 0 Å². The molecule has 0 amide bonds. The van der Waals surface area contributed by atoms with Crippen LogP contribution in [-0.2, 0) is 11.5 Å². The van der Waals surface area contributed by atoms with Gasteiger partial charge in [-0.15, -0.1) is 0 Å². The maximum atomic E-state index is 5.08. The molecule has 2 aromatic rings. The fraction of sp³-hybridized carbons (Fsp3) is 0.200. The van der Waals surface area contributed by atoms with Crippen LogP contribution in [0.2, 0.25) is 0 Å². The van der Waals surface area contributed by atoms with Crippen molar-refractivity contribution < 1.29 is 4.74 Å². The van der Waals surface area contributed by atoms with E-state index < -0.39 is 0 Å². The molecule has 0 aliphatic carbocycles. The molecular weight excluding hydrogens is 230 g/mol. The van der Waals surface area contributed by atoms with Gasteiger partial charge in [-0.05, 0) is 23.6 Å². The molecule has 0 N–H and O–H groups in total. The third kappa shape index (κ3) is 1.62. The van der Waals surface area contributed by atoms with Gasteiger partial charge in [0.1, 0.15) is 6.73 Å². The lowest BCUT2D eigenvalue weighted by Crippen LogP contribution is -1.96. The van der Waals surface area contributed by atoms with E-state index in [9.17, 15) is 0 Å². The summed E-state index contributed by atoms with van der Waals surface area (Å²) >= 11 is 3.45. The van der Waals surface area contributed by atoms with Crippen molar-refractivity contribution in [2.75, 3.05) is 7.11 Å². The summed E-state index contributed by atoms with van der Waals surface area (Å²) in [7, 11) is 1.70. The van der Waals surface area contributed by atoms with Crippen LogP contribution in [0.1, 0.15) is 0 Å². The Kier molecular flexibility index (Phi) is 2.38. The lowest BCUT2D eigenvalue weighted by atomic mass is 10.2. The van der Waals surface area contributed by atoms with Crippen LogP contribution in [0, 0.1) is 0 Å². The molecule has 2 nitrogen and oxygen atoms in total. The number of hydrogen-bond acceptors (Lipinski definition) is 1. The summed E-state index contributed by atoms with van der Waals surface area (Å²) in [6, 6.07) is 8.31. The Morgan fingerprint density at radius 1 is 1.38 bits per heavy atom.